The van der Waals surface area contributed by atoms with Crippen LogP contribution in [0.2, 0.25) is 0 Å². The van der Waals surface area contributed by atoms with Crippen LogP contribution >= 0.6 is 0 Å². The lowest BCUT2D eigenvalue weighted by molar-refractivity contribution is -0.118. The summed E-state index contributed by atoms with van der Waals surface area (Å²) in [6, 6.07) is 4.97. The Morgan fingerprint density at radius 1 is 1.25 bits per heavy atom. The summed E-state index contributed by atoms with van der Waals surface area (Å²) in [7, 11) is 1.77. The molecule has 24 heavy (non-hydrogen) atoms. The summed E-state index contributed by atoms with van der Waals surface area (Å²) < 4.78 is 1.61. The summed E-state index contributed by atoms with van der Waals surface area (Å²) in [5.41, 5.74) is 1.11. The SMILES string of the molecule is Cn1cc(N2CC[C@H](NC(=O)c3ccc(C(=O)O)cc3)C2=O)cn1. The minimum absolute atomic E-state index is 0.103. The average molecular weight is 328 g/mol. The molecule has 1 aromatic carbocycles. The third-order valence-electron chi connectivity index (χ3n) is 3.91. The zero-order valence-corrected chi connectivity index (χ0v) is 13.0. The van der Waals surface area contributed by atoms with Gasteiger partial charge in [-0.05, 0) is 30.7 Å². The molecular formula is C16H16N4O4. The first-order chi connectivity index (χ1) is 11.5. The molecule has 0 bridgehead atoms. The molecule has 1 fully saturated rings. The highest BCUT2D eigenvalue weighted by Crippen LogP contribution is 2.21. The van der Waals surface area contributed by atoms with Gasteiger partial charge >= 0.3 is 5.97 Å². The van der Waals surface area contributed by atoms with Crippen molar-refractivity contribution >= 4 is 23.5 Å². The normalized spacial score (nSPS) is 17.1. The van der Waals surface area contributed by atoms with E-state index in [1.165, 1.54) is 24.3 Å². The molecule has 2 aromatic rings. The van der Waals surface area contributed by atoms with E-state index < -0.39 is 17.9 Å². The van der Waals surface area contributed by atoms with Crippen molar-refractivity contribution in [3.05, 3.63) is 47.8 Å². The van der Waals surface area contributed by atoms with Gasteiger partial charge in [0, 0.05) is 25.4 Å². The van der Waals surface area contributed by atoms with Gasteiger partial charge in [0.25, 0.3) is 5.91 Å². The monoisotopic (exact) mass is 328 g/mol. The number of carbonyl (C=O) groups excluding carboxylic acids is 2. The molecule has 124 valence electrons. The van der Waals surface area contributed by atoms with Crippen LogP contribution in [0.25, 0.3) is 0 Å². The summed E-state index contributed by atoms with van der Waals surface area (Å²) in [5.74, 6) is -1.64. The summed E-state index contributed by atoms with van der Waals surface area (Å²) >= 11 is 0. The van der Waals surface area contributed by atoms with Crippen molar-refractivity contribution in [1.29, 1.82) is 0 Å². The minimum atomic E-state index is -1.06. The molecule has 0 radical (unpaired) electrons. The van der Waals surface area contributed by atoms with Gasteiger partial charge < -0.3 is 15.3 Å². The van der Waals surface area contributed by atoms with Gasteiger partial charge in [-0.3, -0.25) is 14.3 Å². The first-order valence-electron chi connectivity index (χ1n) is 7.40. The molecule has 0 aliphatic carbocycles. The fourth-order valence-electron chi connectivity index (χ4n) is 2.62. The fraction of sp³-hybridized carbons (Fsp3) is 0.250. The van der Waals surface area contributed by atoms with Crippen LogP contribution in [-0.2, 0) is 11.8 Å². The van der Waals surface area contributed by atoms with Gasteiger partial charge in [0.2, 0.25) is 5.91 Å². The number of hydrogen-bond donors (Lipinski definition) is 2. The molecule has 2 heterocycles. The van der Waals surface area contributed by atoms with Crippen molar-refractivity contribution < 1.29 is 19.5 Å². The van der Waals surface area contributed by atoms with Gasteiger partial charge in [-0.15, -0.1) is 0 Å². The number of benzene rings is 1. The number of carboxylic acids is 1. The average Bonchev–Trinajstić information content (AvgIpc) is 3.14. The van der Waals surface area contributed by atoms with E-state index in [4.69, 9.17) is 5.11 Å². The molecule has 1 aliphatic rings. The number of nitrogens with one attached hydrogen (secondary N) is 1. The van der Waals surface area contributed by atoms with Crippen molar-refractivity contribution in [2.24, 2.45) is 7.05 Å². The number of amides is 2. The predicted molar refractivity (Wildman–Crippen MR) is 84.8 cm³/mol. The molecule has 2 amide bonds. The molecule has 0 spiro atoms. The van der Waals surface area contributed by atoms with Crippen LogP contribution in [0.5, 0.6) is 0 Å². The van der Waals surface area contributed by atoms with E-state index in [0.717, 1.165) is 0 Å². The van der Waals surface area contributed by atoms with E-state index in [-0.39, 0.29) is 11.5 Å². The Bertz CT molecular complexity index is 797. The Morgan fingerprint density at radius 2 is 1.92 bits per heavy atom. The molecule has 1 aliphatic heterocycles. The zero-order valence-electron chi connectivity index (χ0n) is 13.0. The number of aromatic carboxylic acids is 1. The van der Waals surface area contributed by atoms with Crippen molar-refractivity contribution in [3.8, 4) is 0 Å². The topological polar surface area (TPSA) is 105 Å². The maximum Gasteiger partial charge on any atom is 0.335 e. The molecule has 0 unspecified atom stereocenters. The van der Waals surface area contributed by atoms with Gasteiger partial charge in [0.05, 0.1) is 17.4 Å². The van der Waals surface area contributed by atoms with Crippen molar-refractivity contribution in [2.45, 2.75) is 12.5 Å². The second-order valence-corrected chi connectivity index (χ2v) is 5.56. The zero-order chi connectivity index (χ0) is 17.3. The second kappa shape index (κ2) is 6.15. The highest BCUT2D eigenvalue weighted by molar-refractivity contribution is 6.04. The number of anilines is 1. The number of aromatic nitrogens is 2. The van der Waals surface area contributed by atoms with E-state index in [2.05, 4.69) is 10.4 Å². The molecule has 8 heteroatoms. The van der Waals surface area contributed by atoms with E-state index in [1.807, 2.05) is 0 Å². The van der Waals surface area contributed by atoms with E-state index >= 15 is 0 Å². The van der Waals surface area contributed by atoms with Crippen molar-refractivity contribution in [3.63, 3.8) is 0 Å². The third kappa shape index (κ3) is 2.98. The van der Waals surface area contributed by atoms with Crippen LogP contribution in [-0.4, -0.2) is 45.3 Å². The summed E-state index contributed by atoms with van der Waals surface area (Å²) in [6.07, 6.45) is 3.85. The lowest BCUT2D eigenvalue weighted by Gasteiger charge is -2.15. The van der Waals surface area contributed by atoms with Crippen molar-refractivity contribution in [2.75, 3.05) is 11.4 Å². The summed E-state index contributed by atoms with van der Waals surface area (Å²) in [6.45, 7) is 0.507. The lowest BCUT2D eigenvalue weighted by Crippen LogP contribution is -2.41. The van der Waals surface area contributed by atoms with Gasteiger partial charge in [-0.2, -0.15) is 5.10 Å². The molecule has 2 N–H and O–H groups in total. The third-order valence-corrected chi connectivity index (χ3v) is 3.91. The molecule has 1 atom stereocenters. The van der Waals surface area contributed by atoms with E-state index in [9.17, 15) is 14.4 Å². The van der Waals surface area contributed by atoms with Crippen molar-refractivity contribution in [1.82, 2.24) is 15.1 Å². The van der Waals surface area contributed by atoms with Crippen LogP contribution in [0.1, 0.15) is 27.1 Å². The van der Waals surface area contributed by atoms with Crippen LogP contribution in [0.15, 0.2) is 36.7 Å². The molecule has 1 saturated heterocycles. The number of rotatable bonds is 4. The first kappa shape index (κ1) is 15.7. The quantitative estimate of drug-likeness (QED) is 0.857. The Labute approximate surface area is 137 Å². The molecule has 0 saturated carbocycles. The van der Waals surface area contributed by atoms with Gasteiger partial charge in [-0.25, -0.2) is 4.79 Å². The predicted octanol–water partition coefficient (Wildman–Crippen LogP) is 0.654. The summed E-state index contributed by atoms with van der Waals surface area (Å²) in [5, 5.41) is 15.6. The summed E-state index contributed by atoms with van der Waals surface area (Å²) in [4.78, 5) is 37.1. The smallest absolute Gasteiger partial charge is 0.335 e. The molecule has 8 nitrogen and oxygen atoms in total. The lowest BCUT2D eigenvalue weighted by atomic mass is 10.1. The largest absolute Gasteiger partial charge is 0.478 e. The Morgan fingerprint density at radius 3 is 2.50 bits per heavy atom. The highest BCUT2D eigenvalue weighted by atomic mass is 16.4. The van der Waals surface area contributed by atoms with Crippen LogP contribution in [0.3, 0.4) is 0 Å². The Hall–Kier alpha value is -3.16. The molecule has 1 aromatic heterocycles. The number of nitrogens with zero attached hydrogens (tertiary/aromatic N) is 3. The van der Waals surface area contributed by atoms with Crippen LogP contribution in [0, 0.1) is 0 Å². The fourth-order valence-corrected chi connectivity index (χ4v) is 2.62. The molecular weight excluding hydrogens is 312 g/mol. The van der Waals surface area contributed by atoms with Crippen LogP contribution < -0.4 is 10.2 Å². The molecule has 3 rings (SSSR count). The Kier molecular flexibility index (Phi) is 4.03. The van der Waals surface area contributed by atoms with Crippen LogP contribution in [0.4, 0.5) is 5.69 Å². The van der Waals surface area contributed by atoms with Gasteiger partial charge in [0.15, 0.2) is 0 Å². The van der Waals surface area contributed by atoms with E-state index in [1.54, 1.807) is 29.0 Å². The number of carbonyl (C=O) groups is 3. The number of aryl methyl sites for hydroxylation is 1. The Balaban J connectivity index is 1.66. The van der Waals surface area contributed by atoms with Gasteiger partial charge in [0.1, 0.15) is 6.04 Å². The maximum absolute atomic E-state index is 12.4. The second-order valence-electron chi connectivity index (χ2n) is 5.56. The highest BCUT2D eigenvalue weighted by Gasteiger charge is 2.34. The van der Waals surface area contributed by atoms with Gasteiger partial charge in [-0.1, -0.05) is 0 Å². The first-order valence-corrected chi connectivity index (χ1v) is 7.40. The maximum atomic E-state index is 12.4. The number of hydrogen-bond acceptors (Lipinski definition) is 4. The number of carboxylic acid groups (broad SMARTS) is 1. The minimum Gasteiger partial charge on any atom is -0.478 e. The standard InChI is InChI=1S/C16H16N4O4/c1-19-9-12(8-17-19)20-7-6-13(15(20)22)18-14(21)10-2-4-11(5-3-10)16(23)24/h2-5,8-9,13H,6-7H2,1H3,(H,18,21)(H,23,24)/t13-/m0/s1. The van der Waals surface area contributed by atoms with E-state index in [0.29, 0.717) is 24.2 Å².